The third-order valence-electron chi connectivity index (χ3n) is 7.12. The smallest absolute Gasteiger partial charge is 0.409 e. The molecular weight excluding hydrogens is 516 g/mol. The lowest BCUT2D eigenvalue weighted by Gasteiger charge is -2.44. The van der Waals surface area contributed by atoms with Gasteiger partial charge < -0.3 is 33.3 Å². The predicted octanol–water partition coefficient (Wildman–Crippen LogP) is 4.23. The van der Waals surface area contributed by atoms with Crippen molar-refractivity contribution < 1.29 is 28.5 Å². The fraction of sp³-hybridized carbons (Fsp3) is 0.379. The van der Waals surface area contributed by atoms with E-state index in [9.17, 15) is 14.4 Å². The van der Waals surface area contributed by atoms with Crippen molar-refractivity contribution in [2.45, 2.75) is 31.7 Å². The second kappa shape index (κ2) is 9.58. The lowest BCUT2D eigenvalue weighted by atomic mass is 9.86. The van der Waals surface area contributed by atoms with Gasteiger partial charge in [-0.3, -0.25) is 4.79 Å². The number of nitrogens with zero attached hydrogens (tertiary/aromatic N) is 4. The quantitative estimate of drug-likeness (QED) is 0.350. The van der Waals surface area contributed by atoms with Crippen molar-refractivity contribution in [1.82, 2.24) is 19.4 Å². The highest BCUT2D eigenvalue weighted by atomic mass is 16.6. The largest absolute Gasteiger partial charge is 0.496 e. The van der Waals surface area contributed by atoms with Crippen LogP contribution in [0.4, 0.5) is 9.59 Å². The van der Waals surface area contributed by atoms with Gasteiger partial charge in [0, 0.05) is 46.7 Å². The van der Waals surface area contributed by atoms with Gasteiger partial charge in [-0.05, 0) is 26.0 Å². The standard InChI is InChI=1S/C29H32N4O7/c1-29(2)25(39-28(36)32(5)6)24(38-27(35)31(3)4)21-19(40-29)14-18(37-8)20-22(21)33(7)26-16(23(20)34)13-15-11-9-10-12-17(15)30-26/h9-14,24-25H,1-8H3/t24-,25-/m1/s1. The average Bonchev–Trinajstić information content (AvgIpc) is 2.91. The molecule has 11 heteroatoms. The fourth-order valence-electron chi connectivity index (χ4n) is 5.10. The molecule has 40 heavy (non-hydrogen) atoms. The Bertz CT molecular complexity index is 1740. The normalized spacial score (nSPS) is 17.7. The Balaban J connectivity index is 1.91. The maximum absolute atomic E-state index is 14.1. The van der Waals surface area contributed by atoms with E-state index in [1.807, 2.05) is 30.3 Å². The summed E-state index contributed by atoms with van der Waals surface area (Å²) in [5.41, 5.74) is 0.484. The van der Waals surface area contributed by atoms with Crippen molar-refractivity contribution in [1.29, 1.82) is 0 Å². The van der Waals surface area contributed by atoms with Gasteiger partial charge >= 0.3 is 12.2 Å². The van der Waals surface area contributed by atoms with E-state index in [1.54, 1.807) is 59.7 Å². The van der Waals surface area contributed by atoms with Crippen molar-refractivity contribution in [3.8, 4) is 11.5 Å². The van der Waals surface area contributed by atoms with Gasteiger partial charge in [-0.2, -0.15) is 0 Å². The van der Waals surface area contributed by atoms with E-state index in [-0.39, 0.29) is 10.8 Å². The molecule has 2 aromatic heterocycles. The van der Waals surface area contributed by atoms with Crippen LogP contribution < -0.4 is 14.9 Å². The highest BCUT2D eigenvalue weighted by molar-refractivity contribution is 6.01. The average molecular weight is 549 g/mol. The summed E-state index contributed by atoms with van der Waals surface area (Å²) in [7, 11) is 9.47. The number of rotatable bonds is 3. The summed E-state index contributed by atoms with van der Waals surface area (Å²) in [6.45, 7) is 3.48. The first-order chi connectivity index (χ1) is 18.9. The summed E-state index contributed by atoms with van der Waals surface area (Å²) in [5.74, 6) is 0.625. The number of methoxy groups -OCH3 is 1. The monoisotopic (exact) mass is 548 g/mol. The molecule has 0 spiro atoms. The van der Waals surface area contributed by atoms with Gasteiger partial charge in [0.1, 0.15) is 22.7 Å². The molecule has 1 aliphatic rings. The number of carbonyl (C=O) groups is 2. The van der Waals surface area contributed by atoms with Crippen LogP contribution in [0, 0.1) is 0 Å². The van der Waals surface area contributed by atoms with Crippen LogP contribution in [-0.4, -0.2) is 78.5 Å². The summed E-state index contributed by atoms with van der Waals surface area (Å²) in [6, 6.07) is 10.9. The second-order valence-electron chi connectivity index (χ2n) is 10.8. The first-order valence-corrected chi connectivity index (χ1v) is 12.7. The number of para-hydroxylation sites is 1. The van der Waals surface area contributed by atoms with Crippen LogP contribution in [0.2, 0.25) is 0 Å². The Morgan fingerprint density at radius 2 is 1.68 bits per heavy atom. The maximum Gasteiger partial charge on any atom is 0.409 e. The Morgan fingerprint density at radius 3 is 2.33 bits per heavy atom. The molecule has 0 bridgehead atoms. The topological polar surface area (TPSA) is 112 Å². The van der Waals surface area contributed by atoms with Gasteiger partial charge in [-0.25, -0.2) is 14.6 Å². The minimum absolute atomic E-state index is 0.264. The first kappa shape index (κ1) is 27.0. The van der Waals surface area contributed by atoms with E-state index >= 15 is 0 Å². The minimum atomic E-state index is -1.13. The Kier molecular flexibility index (Phi) is 6.48. The van der Waals surface area contributed by atoms with Crippen LogP contribution in [0.5, 0.6) is 11.5 Å². The number of carbonyl (C=O) groups excluding carboxylic acids is 2. The van der Waals surface area contributed by atoms with Crippen LogP contribution in [0.1, 0.15) is 25.5 Å². The summed E-state index contributed by atoms with van der Waals surface area (Å²) >= 11 is 0. The Hall–Kier alpha value is -4.54. The lowest BCUT2D eigenvalue weighted by Crippen LogP contribution is -2.53. The predicted molar refractivity (Wildman–Crippen MR) is 150 cm³/mol. The molecule has 2 amide bonds. The molecule has 0 radical (unpaired) electrons. The van der Waals surface area contributed by atoms with Crippen molar-refractivity contribution in [2.75, 3.05) is 35.3 Å². The molecule has 0 saturated carbocycles. The van der Waals surface area contributed by atoms with E-state index < -0.39 is 30.0 Å². The zero-order chi connectivity index (χ0) is 29.1. The highest BCUT2D eigenvalue weighted by Crippen LogP contribution is 2.49. The van der Waals surface area contributed by atoms with Gasteiger partial charge in [0.05, 0.1) is 34.5 Å². The van der Waals surface area contributed by atoms with E-state index in [4.69, 9.17) is 23.9 Å². The molecule has 3 heterocycles. The number of aromatic nitrogens is 2. The molecule has 0 N–H and O–H groups in total. The van der Waals surface area contributed by atoms with Crippen LogP contribution in [0.15, 0.2) is 41.2 Å². The third kappa shape index (κ3) is 4.21. The van der Waals surface area contributed by atoms with Crippen molar-refractivity contribution in [2.24, 2.45) is 7.05 Å². The Morgan fingerprint density at radius 1 is 1.02 bits per heavy atom. The lowest BCUT2D eigenvalue weighted by molar-refractivity contribution is -0.122. The molecule has 210 valence electrons. The molecule has 4 aromatic rings. The van der Waals surface area contributed by atoms with Crippen LogP contribution >= 0.6 is 0 Å². The summed E-state index contributed by atoms with van der Waals surface area (Å²) < 4.78 is 25.7. The maximum atomic E-state index is 14.1. The second-order valence-corrected chi connectivity index (χ2v) is 10.8. The van der Waals surface area contributed by atoms with Gasteiger partial charge in [0.2, 0.25) is 5.43 Å². The molecule has 0 aliphatic carbocycles. The minimum Gasteiger partial charge on any atom is -0.496 e. The number of fused-ring (bicyclic) bond motifs is 5. The van der Waals surface area contributed by atoms with E-state index in [2.05, 4.69) is 0 Å². The van der Waals surface area contributed by atoms with Crippen LogP contribution in [-0.2, 0) is 16.5 Å². The van der Waals surface area contributed by atoms with Gasteiger partial charge in [-0.15, -0.1) is 0 Å². The zero-order valence-corrected chi connectivity index (χ0v) is 23.8. The number of hydrogen-bond donors (Lipinski definition) is 0. The number of benzene rings is 2. The Labute approximate surface area is 230 Å². The summed E-state index contributed by atoms with van der Waals surface area (Å²) in [4.78, 5) is 47.2. The fourth-order valence-corrected chi connectivity index (χ4v) is 5.10. The third-order valence-corrected chi connectivity index (χ3v) is 7.12. The number of amides is 2. The molecule has 2 atom stereocenters. The van der Waals surface area contributed by atoms with Crippen molar-refractivity contribution >= 4 is 45.0 Å². The molecule has 0 fully saturated rings. The highest BCUT2D eigenvalue weighted by Gasteiger charge is 2.51. The van der Waals surface area contributed by atoms with E-state index in [0.717, 1.165) is 5.39 Å². The van der Waals surface area contributed by atoms with Crippen LogP contribution in [0.3, 0.4) is 0 Å². The first-order valence-electron chi connectivity index (χ1n) is 12.7. The molecular formula is C29H32N4O7. The number of ether oxygens (including phenoxy) is 4. The molecule has 11 nitrogen and oxygen atoms in total. The molecule has 0 unspecified atom stereocenters. The number of hydrogen-bond acceptors (Lipinski definition) is 8. The van der Waals surface area contributed by atoms with E-state index in [1.165, 1.54) is 16.9 Å². The van der Waals surface area contributed by atoms with Gasteiger partial charge in [0.25, 0.3) is 0 Å². The van der Waals surface area contributed by atoms with Crippen LogP contribution in [0.25, 0.3) is 32.8 Å². The molecule has 5 rings (SSSR count). The SMILES string of the molecule is COc1cc2c(c3c1c(=O)c1cc4ccccc4nc1n3C)[C@@H](OC(=O)N(C)C)[C@@H](OC(=O)N(C)C)C(C)(C)O2. The number of aryl methyl sites for hydroxylation is 1. The van der Waals surface area contributed by atoms with Crippen molar-refractivity contribution in [3.05, 3.63) is 52.2 Å². The number of pyridine rings is 2. The molecule has 0 saturated heterocycles. The van der Waals surface area contributed by atoms with Crippen molar-refractivity contribution in [3.63, 3.8) is 0 Å². The summed E-state index contributed by atoms with van der Waals surface area (Å²) in [6.07, 6.45) is -3.49. The molecule has 2 aromatic carbocycles. The van der Waals surface area contributed by atoms with Gasteiger partial charge in [-0.1, -0.05) is 18.2 Å². The summed E-state index contributed by atoms with van der Waals surface area (Å²) in [5, 5.41) is 1.49. The van der Waals surface area contributed by atoms with Gasteiger partial charge in [0.15, 0.2) is 12.2 Å². The molecule has 1 aliphatic heterocycles. The zero-order valence-electron chi connectivity index (χ0n) is 23.8. The van der Waals surface area contributed by atoms with E-state index in [0.29, 0.717) is 39.1 Å².